The predicted molar refractivity (Wildman–Crippen MR) is 302 cm³/mol. The third kappa shape index (κ3) is 7.99. The van der Waals surface area contributed by atoms with Gasteiger partial charge in [-0.15, -0.1) is 24.8 Å². The Kier molecular flexibility index (Phi) is 12.9. The maximum atomic E-state index is 3.04. The van der Waals surface area contributed by atoms with Gasteiger partial charge in [-0.1, -0.05) is 0 Å². The normalized spacial score (nSPS) is 33.8. The number of hydrogen-bond acceptors (Lipinski definition) is 0. The maximum Gasteiger partial charge on any atom is -0.147 e. The van der Waals surface area contributed by atoms with E-state index in [4.69, 9.17) is 0 Å². The van der Waals surface area contributed by atoms with Crippen LogP contribution in [0.25, 0.3) is 34.4 Å². The Balaban J connectivity index is 0.00000252. The van der Waals surface area contributed by atoms with E-state index in [1.165, 1.54) is 174 Å². The van der Waals surface area contributed by atoms with Crippen LogP contribution < -0.4 is 0 Å². The standard InChI is InChI=1S/2C31H35.C3H7.CH3.2ClH.H2Si.Zr/c2*1-2-5-21(4-1)12-22-16-27-6-3-7-29(30(27)17-22)26-8-10-28(11-9-26)31-18-23-13-24(19-31)15-25(14-23)20-31;1-3-2;;;;;/h2*3,6-11,16-17,21,23-25H,1-2,4-5,12-15,18-20H2;1,3H2,2H3;1H3;2*1H;1H2;. The molecule has 10 fully saturated rings. The molecule has 0 aromatic heterocycles. The van der Waals surface area contributed by atoms with Crippen LogP contribution in [0.15, 0.2) is 96.1 Å². The molecule has 0 saturated heterocycles. The molecule has 12 aliphatic rings. The van der Waals surface area contributed by atoms with Gasteiger partial charge in [0.2, 0.25) is 0 Å². The SMILES string of the molecule is CC[CH2][Zr]([CH3])(=[SiH2])([CH]1C(CC2CCCC2)=Cc2c(-c3ccc(C45CC6CC(CC(C6)C4)C5)cc3)cccc21)[CH]1C(CC2CCCC2)=Cc2c(-c3ccc(C45CC6CC(CC(C6)C4)C5)cc3)cccc21.Cl.Cl. The minimum atomic E-state index is -3.99. The molecule has 0 radical (unpaired) electrons. The van der Waals surface area contributed by atoms with Crippen molar-refractivity contribution in [3.63, 3.8) is 0 Å². The van der Waals surface area contributed by atoms with Crippen LogP contribution in [-0.2, 0) is 28.2 Å². The summed E-state index contributed by atoms with van der Waals surface area (Å²) in [5.41, 5.74) is 20.5. The fraction of sp³-hybridized carbons (Fsp3) is 0.576. The first kappa shape index (κ1) is 48.9. The molecule has 4 aromatic rings. The predicted octanol–water partition coefficient (Wildman–Crippen LogP) is 18.7. The summed E-state index contributed by atoms with van der Waals surface area (Å²) in [5, 5.41) is 0. The number of fused-ring (bicyclic) bond motifs is 2. The summed E-state index contributed by atoms with van der Waals surface area (Å²) in [5.74, 6) is 7.61. The molecule has 0 aliphatic heterocycles. The van der Waals surface area contributed by atoms with Crippen LogP contribution >= 0.6 is 24.8 Å². The molecule has 370 valence electrons. The fourth-order valence-corrected chi connectivity index (χ4v) is 46.8. The summed E-state index contributed by atoms with van der Waals surface area (Å²) < 4.78 is 5.67. The van der Waals surface area contributed by atoms with Crippen LogP contribution in [0, 0.1) is 47.3 Å². The van der Waals surface area contributed by atoms with Crippen molar-refractivity contribution < 1.29 is 17.4 Å². The van der Waals surface area contributed by atoms with Gasteiger partial charge in [0.25, 0.3) is 0 Å². The molecule has 4 aromatic carbocycles. The molecular weight excluding hydrogens is 983 g/mol. The number of hydrogen-bond donors (Lipinski definition) is 0. The van der Waals surface area contributed by atoms with E-state index >= 15 is 0 Å². The molecule has 2 unspecified atom stereocenters. The van der Waals surface area contributed by atoms with Crippen molar-refractivity contribution in [3.8, 4) is 22.3 Å². The monoisotopic (exact) mass is 1060 g/mol. The van der Waals surface area contributed by atoms with Gasteiger partial charge in [-0.2, -0.15) is 0 Å². The Morgan fingerprint density at radius 2 is 0.829 bits per heavy atom. The molecule has 12 aliphatic carbocycles. The zero-order valence-electron chi connectivity index (χ0n) is 43.0. The molecule has 0 amide bonds. The fourth-order valence-electron chi connectivity index (χ4n) is 21.0. The second-order valence-corrected chi connectivity index (χ2v) is 55.9. The minimum absolute atomic E-state index is 0. The van der Waals surface area contributed by atoms with Crippen molar-refractivity contribution >= 4 is 43.8 Å². The van der Waals surface area contributed by atoms with Gasteiger partial charge in [0.15, 0.2) is 0 Å². The van der Waals surface area contributed by atoms with Crippen molar-refractivity contribution in [3.05, 3.63) is 129 Å². The summed E-state index contributed by atoms with van der Waals surface area (Å²) in [4.78, 5) is 0. The van der Waals surface area contributed by atoms with Crippen molar-refractivity contribution in [2.45, 2.75) is 181 Å². The van der Waals surface area contributed by atoms with Crippen molar-refractivity contribution in [2.75, 3.05) is 0 Å². The van der Waals surface area contributed by atoms with Crippen LogP contribution in [0.4, 0.5) is 0 Å². The molecule has 0 N–H and O–H groups in total. The first-order valence-electron chi connectivity index (χ1n) is 29.1. The second kappa shape index (κ2) is 18.4. The Labute approximate surface area is 438 Å². The van der Waals surface area contributed by atoms with Crippen LogP contribution in [0.1, 0.15) is 195 Å². The topological polar surface area (TPSA) is 0 Å². The zero-order chi connectivity index (χ0) is 45.4. The second-order valence-electron chi connectivity index (χ2n) is 27.4. The average Bonchev–Trinajstić information content (AvgIpc) is 4.16. The van der Waals surface area contributed by atoms with Gasteiger partial charge in [-0.3, -0.25) is 0 Å². The maximum absolute atomic E-state index is 3.99. The van der Waals surface area contributed by atoms with Gasteiger partial charge < -0.3 is 0 Å². The smallest absolute Gasteiger partial charge is 0.147 e. The summed E-state index contributed by atoms with van der Waals surface area (Å²) in [6.07, 6.45) is 38.9. The van der Waals surface area contributed by atoms with Crippen LogP contribution in [-0.4, -0.2) is 6.88 Å². The van der Waals surface area contributed by atoms with Gasteiger partial charge in [0.05, 0.1) is 0 Å². The first-order valence-corrected chi connectivity index (χ1v) is 42.0. The van der Waals surface area contributed by atoms with Gasteiger partial charge in [0.1, 0.15) is 0 Å². The number of allylic oxidation sites excluding steroid dienone is 2. The van der Waals surface area contributed by atoms with Gasteiger partial charge in [-0.05, 0) is 0 Å². The molecule has 4 heteroatoms. The first-order chi connectivity index (χ1) is 33.1. The third-order valence-corrected chi connectivity index (χ3v) is 46.2. The van der Waals surface area contributed by atoms with Crippen LogP contribution in [0.3, 0.4) is 0 Å². The molecule has 0 spiro atoms. The van der Waals surface area contributed by atoms with E-state index in [2.05, 4.69) is 116 Å². The zero-order valence-corrected chi connectivity index (χ0v) is 48.5. The Bertz CT molecular complexity index is 2510. The van der Waals surface area contributed by atoms with E-state index in [-0.39, 0.29) is 24.8 Å². The van der Waals surface area contributed by atoms with Crippen LogP contribution in [0.2, 0.25) is 8.76 Å². The summed E-state index contributed by atoms with van der Waals surface area (Å²) in [6, 6.07) is 36.1. The van der Waals surface area contributed by atoms with Gasteiger partial charge in [-0.25, -0.2) is 0 Å². The van der Waals surface area contributed by atoms with Crippen molar-refractivity contribution in [1.82, 2.24) is 0 Å². The van der Waals surface area contributed by atoms with Gasteiger partial charge in [0, 0.05) is 0 Å². The largest absolute Gasteiger partial charge is 0.147 e. The Hall–Kier alpha value is -1.96. The molecular formula is C66H84Cl2SiZr. The third-order valence-electron chi connectivity index (χ3n) is 22.7. The van der Waals surface area contributed by atoms with Crippen molar-refractivity contribution in [1.29, 1.82) is 0 Å². The van der Waals surface area contributed by atoms with E-state index in [9.17, 15) is 0 Å². The van der Waals surface area contributed by atoms with E-state index < -0.39 is 17.4 Å². The number of rotatable bonds is 12. The number of halogens is 2. The van der Waals surface area contributed by atoms with Crippen molar-refractivity contribution in [2.24, 2.45) is 47.3 Å². The summed E-state index contributed by atoms with van der Waals surface area (Å²) in [6.45, 7) is 5.24. The van der Waals surface area contributed by atoms with E-state index in [1.54, 1.807) is 33.4 Å². The quantitative estimate of drug-likeness (QED) is 0.124. The van der Waals surface area contributed by atoms with E-state index in [0.717, 1.165) is 47.3 Å². The summed E-state index contributed by atoms with van der Waals surface area (Å²) in [7, 11) is 0. The average molecular weight is 1070 g/mol. The molecule has 8 bridgehead atoms. The number of benzene rings is 4. The summed E-state index contributed by atoms with van der Waals surface area (Å²) >= 11 is -3.99. The molecule has 2 atom stereocenters. The van der Waals surface area contributed by atoms with E-state index in [1.807, 2.05) is 11.1 Å². The minimum Gasteiger partial charge on any atom is -0.147 e. The molecule has 0 heterocycles. The van der Waals surface area contributed by atoms with E-state index in [0.29, 0.717) is 18.1 Å². The Morgan fingerprint density at radius 1 is 0.486 bits per heavy atom. The molecule has 0 nitrogen and oxygen atoms in total. The molecule has 16 rings (SSSR count). The van der Waals surface area contributed by atoms with Gasteiger partial charge >= 0.3 is 417 Å². The molecule has 10 saturated carbocycles. The van der Waals surface area contributed by atoms with Crippen LogP contribution in [0.5, 0.6) is 0 Å². The molecule has 70 heavy (non-hydrogen) atoms. The Morgan fingerprint density at radius 3 is 1.16 bits per heavy atom.